The highest BCUT2D eigenvalue weighted by Crippen LogP contribution is 2.29. The first kappa shape index (κ1) is 15.6. The molecule has 0 aliphatic rings. The number of halogens is 4. The van der Waals surface area contributed by atoms with Gasteiger partial charge in [0, 0.05) is 0 Å². The van der Waals surface area contributed by atoms with Crippen molar-refractivity contribution in [3.05, 3.63) is 57.2 Å². The smallest absolute Gasteiger partial charge is 0.416 e. The number of hydrogen-bond acceptors (Lipinski definition) is 3. The van der Waals surface area contributed by atoms with E-state index in [1.165, 1.54) is 18.3 Å². The monoisotopic (exact) mass is 406 g/mol. The van der Waals surface area contributed by atoms with Crippen LogP contribution in [-0.2, 0) is 6.18 Å². The molecule has 0 aromatic heterocycles. The van der Waals surface area contributed by atoms with Gasteiger partial charge < -0.3 is 5.11 Å². The number of phenols is 1. The molecule has 110 valence electrons. The van der Waals surface area contributed by atoms with E-state index in [0.717, 1.165) is 17.7 Å². The largest absolute Gasteiger partial charge is 0.507 e. The van der Waals surface area contributed by atoms with E-state index in [0.29, 0.717) is 9.26 Å². The average molecular weight is 406 g/mol. The molecule has 0 saturated carbocycles. The molecule has 0 unspecified atom stereocenters. The number of hydrazone groups is 1. The summed E-state index contributed by atoms with van der Waals surface area (Å²) < 4.78 is 37.9. The maximum atomic E-state index is 12.4. The number of anilines is 1. The van der Waals surface area contributed by atoms with E-state index in [-0.39, 0.29) is 5.75 Å². The lowest BCUT2D eigenvalue weighted by atomic mass is 10.2. The van der Waals surface area contributed by atoms with Crippen molar-refractivity contribution in [1.82, 2.24) is 0 Å². The molecular weight excluding hydrogens is 396 g/mol. The number of phenolic OH excluding ortho intramolecular Hbond substituents is 1. The quantitative estimate of drug-likeness (QED) is 0.449. The molecule has 0 aliphatic heterocycles. The Balaban J connectivity index is 2.02. The fourth-order valence-corrected chi connectivity index (χ4v) is 2.06. The summed E-state index contributed by atoms with van der Waals surface area (Å²) >= 11 is 1.99. The number of rotatable bonds is 3. The van der Waals surface area contributed by atoms with E-state index in [4.69, 9.17) is 0 Å². The number of nitrogens with zero attached hydrogens (tertiary/aromatic N) is 1. The van der Waals surface area contributed by atoms with Gasteiger partial charge in [0.15, 0.2) is 0 Å². The Morgan fingerprint density at radius 2 is 1.76 bits per heavy atom. The van der Waals surface area contributed by atoms with Crippen LogP contribution in [-0.4, -0.2) is 11.3 Å². The molecule has 0 bridgehead atoms. The van der Waals surface area contributed by atoms with Crippen molar-refractivity contribution < 1.29 is 18.3 Å². The summed E-state index contributed by atoms with van der Waals surface area (Å²) in [5.74, 6) is 0.184. The van der Waals surface area contributed by atoms with Crippen LogP contribution < -0.4 is 5.43 Å². The first-order chi connectivity index (χ1) is 9.86. The molecule has 2 aromatic rings. The maximum Gasteiger partial charge on any atom is 0.416 e. The van der Waals surface area contributed by atoms with E-state index in [9.17, 15) is 18.3 Å². The normalized spacial score (nSPS) is 11.8. The molecule has 0 saturated heterocycles. The van der Waals surface area contributed by atoms with Gasteiger partial charge in [-0.05, 0) is 70.6 Å². The molecule has 21 heavy (non-hydrogen) atoms. The van der Waals surface area contributed by atoms with E-state index in [1.54, 1.807) is 18.2 Å². The molecule has 0 fully saturated rings. The summed E-state index contributed by atoms with van der Waals surface area (Å²) in [6, 6.07) is 9.54. The maximum absolute atomic E-state index is 12.4. The van der Waals surface area contributed by atoms with Crippen molar-refractivity contribution in [2.24, 2.45) is 5.10 Å². The van der Waals surface area contributed by atoms with E-state index < -0.39 is 11.7 Å². The zero-order valence-corrected chi connectivity index (χ0v) is 12.7. The molecule has 7 heteroatoms. The number of alkyl halides is 3. The van der Waals surface area contributed by atoms with Gasteiger partial charge in [-0.3, -0.25) is 5.43 Å². The summed E-state index contributed by atoms with van der Waals surface area (Å²) in [5.41, 5.74) is 3.15. The van der Waals surface area contributed by atoms with Crippen LogP contribution in [0.1, 0.15) is 11.1 Å². The standard InChI is InChI=1S/C14H10F3IN2O/c15-14(16,17)10-2-4-11(5-3-10)20-19-8-9-1-6-13(21)12(18)7-9/h1-8,20-21H/b19-8+. The SMILES string of the molecule is Oc1ccc(/C=N/Nc2ccc(C(F)(F)F)cc2)cc1I. The van der Waals surface area contributed by atoms with E-state index >= 15 is 0 Å². The van der Waals surface area contributed by atoms with Crippen LogP contribution in [0.5, 0.6) is 5.75 Å². The van der Waals surface area contributed by atoms with Gasteiger partial charge in [-0.15, -0.1) is 0 Å². The predicted octanol–water partition coefficient (Wildman–Crippen LogP) is 4.46. The summed E-state index contributed by atoms with van der Waals surface area (Å²) in [5, 5.41) is 13.3. The molecule has 0 heterocycles. The van der Waals surface area contributed by atoms with Crippen molar-refractivity contribution in [2.75, 3.05) is 5.43 Å². The van der Waals surface area contributed by atoms with Crippen molar-refractivity contribution in [1.29, 1.82) is 0 Å². The van der Waals surface area contributed by atoms with Crippen LogP contribution in [0.3, 0.4) is 0 Å². The zero-order valence-electron chi connectivity index (χ0n) is 10.5. The molecule has 0 aliphatic carbocycles. The summed E-state index contributed by atoms with van der Waals surface area (Å²) in [4.78, 5) is 0. The van der Waals surface area contributed by atoms with Gasteiger partial charge in [0.25, 0.3) is 0 Å². The number of nitrogens with one attached hydrogen (secondary N) is 1. The lowest BCUT2D eigenvalue weighted by Crippen LogP contribution is -2.04. The second-order valence-corrected chi connectivity index (χ2v) is 5.32. The van der Waals surface area contributed by atoms with Crippen LogP contribution in [0.25, 0.3) is 0 Å². The molecule has 0 amide bonds. The highest BCUT2D eigenvalue weighted by molar-refractivity contribution is 14.1. The Bertz CT molecular complexity index is 654. The van der Waals surface area contributed by atoms with E-state index in [2.05, 4.69) is 10.5 Å². The molecule has 2 rings (SSSR count). The lowest BCUT2D eigenvalue weighted by molar-refractivity contribution is -0.137. The van der Waals surface area contributed by atoms with Gasteiger partial charge in [-0.25, -0.2) is 0 Å². The Morgan fingerprint density at radius 3 is 2.33 bits per heavy atom. The van der Waals surface area contributed by atoms with Crippen molar-refractivity contribution in [2.45, 2.75) is 6.18 Å². The summed E-state index contributed by atoms with van der Waals surface area (Å²) in [6.45, 7) is 0. The molecule has 0 spiro atoms. The lowest BCUT2D eigenvalue weighted by Gasteiger charge is -2.07. The fraction of sp³-hybridized carbons (Fsp3) is 0.0714. The molecular formula is C14H10F3IN2O. The minimum atomic E-state index is -4.34. The van der Waals surface area contributed by atoms with Crippen LogP contribution in [0.15, 0.2) is 47.6 Å². The van der Waals surface area contributed by atoms with Gasteiger partial charge >= 0.3 is 6.18 Å². The molecule has 2 N–H and O–H groups in total. The summed E-state index contributed by atoms with van der Waals surface area (Å²) in [7, 11) is 0. The first-order valence-corrected chi connectivity index (χ1v) is 6.89. The van der Waals surface area contributed by atoms with Crippen molar-refractivity contribution in [3.8, 4) is 5.75 Å². The predicted molar refractivity (Wildman–Crippen MR) is 83.5 cm³/mol. The number of hydrogen-bond donors (Lipinski definition) is 2. The van der Waals surface area contributed by atoms with Crippen molar-refractivity contribution in [3.63, 3.8) is 0 Å². The second kappa shape index (κ2) is 6.33. The fourth-order valence-electron chi connectivity index (χ4n) is 1.52. The molecule has 0 radical (unpaired) electrons. The number of benzene rings is 2. The molecule has 3 nitrogen and oxygen atoms in total. The van der Waals surface area contributed by atoms with Gasteiger partial charge in [-0.2, -0.15) is 18.3 Å². The Hall–Kier alpha value is -1.77. The highest BCUT2D eigenvalue weighted by atomic mass is 127. The van der Waals surface area contributed by atoms with Gasteiger partial charge in [0.2, 0.25) is 0 Å². The third kappa shape index (κ3) is 4.35. The van der Waals surface area contributed by atoms with Crippen LogP contribution >= 0.6 is 22.6 Å². The third-order valence-electron chi connectivity index (χ3n) is 2.59. The molecule has 0 atom stereocenters. The molecule has 2 aromatic carbocycles. The van der Waals surface area contributed by atoms with Gasteiger partial charge in [-0.1, -0.05) is 0 Å². The first-order valence-electron chi connectivity index (χ1n) is 5.81. The average Bonchev–Trinajstić information content (AvgIpc) is 2.42. The second-order valence-electron chi connectivity index (χ2n) is 4.16. The Kier molecular flexibility index (Phi) is 4.71. The minimum Gasteiger partial charge on any atom is -0.507 e. The van der Waals surface area contributed by atoms with E-state index in [1.807, 2.05) is 22.6 Å². The third-order valence-corrected chi connectivity index (χ3v) is 3.46. The van der Waals surface area contributed by atoms with Crippen LogP contribution in [0, 0.1) is 3.57 Å². The zero-order chi connectivity index (χ0) is 15.5. The Morgan fingerprint density at radius 1 is 1.10 bits per heavy atom. The van der Waals surface area contributed by atoms with Crippen LogP contribution in [0.2, 0.25) is 0 Å². The van der Waals surface area contributed by atoms with Crippen molar-refractivity contribution >= 4 is 34.5 Å². The minimum absolute atomic E-state index is 0.184. The van der Waals surface area contributed by atoms with Gasteiger partial charge in [0.1, 0.15) is 5.75 Å². The topological polar surface area (TPSA) is 44.6 Å². The number of aromatic hydroxyl groups is 1. The summed E-state index contributed by atoms with van der Waals surface area (Å²) in [6.07, 6.45) is -2.83. The Labute approximate surface area is 132 Å². The highest BCUT2D eigenvalue weighted by Gasteiger charge is 2.29. The van der Waals surface area contributed by atoms with Gasteiger partial charge in [0.05, 0.1) is 21.0 Å². The van der Waals surface area contributed by atoms with Crippen LogP contribution in [0.4, 0.5) is 18.9 Å².